The number of thiophene rings is 1. The first kappa shape index (κ1) is 17.6. The Morgan fingerprint density at radius 1 is 1.08 bits per heavy atom. The van der Waals surface area contributed by atoms with Crippen molar-refractivity contribution in [2.75, 3.05) is 31.7 Å². The Morgan fingerprint density at radius 3 is 2.56 bits per heavy atom. The van der Waals surface area contributed by atoms with E-state index >= 15 is 0 Å². The standard InChI is InChI=1S/C19H24N4OS/c1-15-9-10-17(25-15)18-20-21-19(22(18)2)23(13-14-24-3)12-11-16-7-5-4-6-8-16/h4-10H,11-14H2,1-3H3. The van der Waals surface area contributed by atoms with E-state index in [4.69, 9.17) is 4.74 Å². The van der Waals surface area contributed by atoms with E-state index in [9.17, 15) is 0 Å². The largest absolute Gasteiger partial charge is 0.383 e. The average Bonchev–Trinajstić information content (AvgIpc) is 3.22. The molecule has 2 aromatic heterocycles. The Labute approximate surface area is 152 Å². The van der Waals surface area contributed by atoms with Crippen molar-refractivity contribution in [3.8, 4) is 10.7 Å². The number of benzene rings is 1. The number of methoxy groups -OCH3 is 1. The number of nitrogens with zero attached hydrogens (tertiary/aromatic N) is 4. The summed E-state index contributed by atoms with van der Waals surface area (Å²) >= 11 is 1.74. The van der Waals surface area contributed by atoms with Crippen molar-refractivity contribution >= 4 is 17.3 Å². The Balaban J connectivity index is 1.79. The smallest absolute Gasteiger partial charge is 0.227 e. The van der Waals surface area contributed by atoms with Crippen molar-refractivity contribution in [1.82, 2.24) is 14.8 Å². The summed E-state index contributed by atoms with van der Waals surface area (Å²) in [5.41, 5.74) is 1.32. The number of hydrogen-bond donors (Lipinski definition) is 0. The second kappa shape index (κ2) is 8.27. The van der Waals surface area contributed by atoms with E-state index in [1.165, 1.54) is 10.4 Å². The molecule has 0 aliphatic heterocycles. The van der Waals surface area contributed by atoms with Gasteiger partial charge >= 0.3 is 0 Å². The molecule has 3 aromatic rings. The van der Waals surface area contributed by atoms with Gasteiger partial charge in [-0.2, -0.15) is 0 Å². The molecule has 0 saturated heterocycles. The highest BCUT2D eigenvalue weighted by molar-refractivity contribution is 7.15. The van der Waals surface area contributed by atoms with Gasteiger partial charge in [0, 0.05) is 32.1 Å². The number of ether oxygens (including phenoxy) is 1. The molecule has 2 heterocycles. The average molecular weight is 356 g/mol. The second-order valence-electron chi connectivity index (χ2n) is 6.01. The lowest BCUT2D eigenvalue weighted by atomic mass is 10.1. The van der Waals surface area contributed by atoms with Crippen LogP contribution in [0, 0.1) is 6.92 Å². The molecule has 0 radical (unpaired) electrons. The molecule has 0 amide bonds. The molecular weight excluding hydrogens is 332 g/mol. The summed E-state index contributed by atoms with van der Waals surface area (Å²) < 4.78 is 7.36. The van der Waals surface area contributed by atoms with Crippen LogP contribution in [0.5, 0.6) is 0 Å². The maximum Gasteiger partial charge on any atom is 0.227 e. The van der Waals surface area contributed by atoms with Crippen molar-refractivity contribution < 1.29 is 4.74 Å². The number of anilines is 1. The molecule has 0 saturated carbocycles. The third-order valence-electron chi connectivity index (χ3n) is 4.17. The zero-order valence-corrected chi connectivity index (χ0v) is 15.8. The third kappa shape index (κ3) is 4.27. The summed E-state index contributed by atoms with van der Waals surface area (Å²) in [6.45, 7) is 4.44. The van der Waals surface area contributed by atoms with Crippen molar-refractivity contribution in [1.29, 1.82) is 0 Å². The van der Waals surface area contributed by atoms with Crippen molar-refractivity contribution in [3.05, 3.63) is 52.9 Å². The van der Waals surface area contributed by atoms with Crippen molar-refractivity contribution in [3.63, 3.8) is 0 Å². The van der Waals surface area contributed by atoms with Gasteiger partial charge in [0.25, 0.3) is 0 Å². The molecule has 3 rings (SSSR count). The summed E-state index contributed by atoms with van der Waals surface area (Å²) in [6.07, 6.45) is 0.963. The molecule has 0 spiro atoms. The monoisotopic (exact) mass is 356 g/mol. The van der Waals surface area contributed by atoms with E-state index in [2.05, 4.69) is 63.0 Å². The van der Waals surface area contributed by atoms with E-state index in [1.807, 2.05) is 13.1 Å². The van der Waals surface area contributed by atoms with E-state index < -0.39 is 0 Å². The fourth-order valence-electron chi connectivity index (χ4n) is 2.79. The second-order valence-corrected chi connectivity index (χ2v) is 7.30. The van der Waals surface area contributed by atoms with Gasteiger partial charge in [-0.3, -0.25) is 4.57 Å². The topological polar surface area (TPSA) is 43.2 Å². The Bertz CT molecular complexity index is 797. The van der Waals surface area contributed by atoms with Crippen LogP contribution in [-0.4, -0.2) is 41.6 Å². The summed E-state index contributed by atoms with van der Waals surface area (Å²) in [5, 5.41) is 8.88. The molecular formula is C19H24N4OS. The minimum Gasteiger partial charge on any atom is -0.383 e. The minimum atomic E-state index is 0.662. The van der Waals surface area contributed by atoms with Crippen LogP contribution in [0.4, 0.5) is 5.95 Å². The first-order valence-corrected chi connectivity index (χ1v) is 9.24. The van der Waals surface area contributed by atoms with Crippen LogP contribution in [0.25, 0.3) is 10.7 Å². The molecule has 0 fully saturated rings. The zero-order valence-electron chi connectivity index (χ0n) is 15.0. The Hall–Kier alpha value is -2.18. The summed E-state index contributed by atoms with van der Waals surface area (Å²) in [4.78, 5) is 4.67. The quantitative estimate of drug-likeness (QED) is 0.619. The third-order valence-corrected chi connectivity index (χ3v) is 5.17. The van der Waals surface area contributed by atoms with Gasteiger partial charge in [0.1, 0.15) is 0 Å². The van der Waals surface area contributed by atoms with E-state index in [1.54, 1.807) is 18.4 Å². The van der Waals surface area contributed by atoms with Crippen LogP contribution in [0.1, 0.15) is 10.4 Å². The van der Waals surface area contributed by atoms with Gasteiger partial charge in [0.05, 0.1) is 11.5 Å². The van der Waals surface area contributed by atoms with Crippen LogP contribution in [-0.2, 0) is 18.2 Å². The molecule has 0 aliphatic carbocycles. The molecule has 0 aliphatic rings. The van der Waals surface area contributed by atoms with Crippen LogP contribution < -0.4 is 4.90 Å². The highest BCUT2D eigenvalue weighted by Gasteiger charge is 2.17. The van der Waals surface area contributed by atoms with Crippen molar-refractivity contribution in [2.24, 2.45) is 7.05 Å². The lowest BCUT2D eigenvalue weighted by Gasteiger charge is -2.23. The molecule has 6 heteroatoms. The normalized spacial score (nSPS) is 11.0. The molecule has 0 unspecified atom stereocenters. The molecule has 132 valence electrons. The first-order chi connectivity index (χ1) is 12.2. The van der Waals surface area contributed by atoms with Gasteiger partial charge in [-0.05, 0) is 31.0 Å². The van der Waals surface area contributed by atoms with Crippen LogP contribution in [0.3, 0.4) is 0 Å². The maximum atomic E-state index is 5.28. The number of aromatic nitrogens is 3. The fourth-order valence-corrected chi connectivity index (χ4v) is 3.68. The molecule has 5 nitrogen and oxygen atoms in total. The van der Waals surface area contributed by atoms with Gasteiger partial charge in [0.2, 0.25) is 5.95 Å². The SMILES string of the molecule is COCCN(CCc1ccccc1)c1nnc(-c2ccc(C)s2)n1C. The van der Waals surface area contributed by atoms with Gasteiger partial charge in [-0.25, -0.2) is 0 Å². The van der Waals surface area contributed by atoms with Gasteiger partial charge in [-0.15, -0.1) is 21.5 Å². The Morgan fingerprint density at radius 2 is 1.88 bits per heavy atom. The zero-order chi connectivity index (χ0) is 17.6. The highest BCUT2D eigenvalue weighted by atomic mass is 32.1. The van der Waals surface area contributed by atoms with E-state index in [0.29, 0.717) is 6.61 Å². The predicted octanol–water partition coefficient (Wildman–Crippen LogP) is 3.55. The van der Waals surface area contributed by atoms with E-state index in [0.717, 1.165) is 36.2 Å². The molecule has 0 bridgehead atoms. The first-order valence-electron chi connectivity index (χ1n) is 8.43. The summed E-state index contributed by atoms with van der Waals surface area (Å²) in [7, 11) is 3.76. The Kier molecular flexibility index (Phi) is 5.83. The number of hydrogen-bond acceptors (Lipinski definition) is 5. The number of rotatable bonds is 8. The lowest BCUT2D eigenvalue weighted by molar-refractivity contribution is 0.205. The van der Waals surface area contributed by atoms with Crippen LogP contribution >= 0.6 is 11.3 Å². The number of aryl methyl sites for hydroxylation is 1. The van der Waals surface area contributed by atoms with Crippen LogP contribution in [0.15, 0.2) is 42.5 Å². The fraction of sp³-hybridized carbons (Fsp3) is 0.368. The summed E-state index contributed by atoms with van der Waals surface area (Å²) in [5.74, 6) is 1.80. The highest BCUT2D eigenvalue weighted by Crippen LogP contribution is 2.28. The predicted molar refractivity (Wildman–Crippen MR) is 103 cm³/mol. The van der Waals surface area contributed by atoms with Crippen LogP contribution in [0.2, 0.25) is 0 Å². The molecule has 0 atom stereocenters. The van der Waals surface area contributed by atoms with Crippen molar-refractivity contribution in [2.45, 2.75) is 13.3 Å². The van der Waals surface area contributed by atoms with Gasteiger partial charge < -0.3 is 9.64 Å². The minimum absolute atomic E-state index is 0.662. The van der Waals surface area contributed by atoms with Gasteiger partial charge in [-0.1, -0.05) is 30.3 Å². The van der Waals surface area contributed by atoms with E-state index in [-0.39, 0.29) is 0 Å². The summed E-state index contributed by atoms with van der Waals surface area (Å²) in [6, 6.07) is 14.7. The lowest BCUT2D eigenvalue weighted by Crippen LogP contribution is -2.31. The van der Waals surface area contributed by atoms with Gasteiger partial charge in [0.15, 0.2) is 5.82 Å². The molecule has 1 aromatic carbocycles. The molecule has 25 heavy (non-hydrogen) atoms. The molecule has 0 N–H and O–H groups in total. The maximum absolute atomic E-state index is 5.28.